The summed E-state index contributed by atoms with van der Waals surface area (Å²) in [6.45, 7) is 14.1. The number of hydrogen-bond donors (Lipinski definition) is 2. The van der Waals surface area contributed by atoms with Gasteiger partial charge >= 0.3 is 0 Å². The first-order valence-electron chi connectivity index (χ1n) is 7.29. The summed E-state index contributed by atoms with van der Waals surface area (Å²) in [5.74, 6) is 1.83. The molecule has 0 aromatic rings. The van der Waals surface area contributed by atoms with Crippen LogP contribution in [0.5, 0.6) is 0 Å². The number of aliphatic imine (C=N–C) groups is 2. The molecule has 0 aromatic carbocycles. The fourth-order valence-corrected chi connectivity index (χ4v) is 2.21. The molecular formula is C14H26N6. The van der Waals surface area contributed by atoms with Crippen molar-refractivity contribution in [3.8, 4) is 0 Å². The molecule has 2 N–H and O–H groups in total. The lowest BCUT2D eigenvalue weighted by molar-refractivity contribution is 0.552. The average molecular weight is 278 g/mol. The monoisotopic (exact) mass is 278 g/mol. The molecule has 0 amide bonds. The minimum absolute atomic E-state index is 0.314. The van der Waals surface area contributed by atoms with Crippen LogP contribution in [0.2, 0.25) is 0 Å². The van der Waals surface area contributed by atoms with Gasteiger partial charge in [0.1, 0.15) is 22.7 Å². The van der Waals surface area contributed by atoms with E-state index in [4.69, 9.17) is 0 Å². The minimum atomic E-state index is -0.424. The predicted octanol–water partition coefficient (Wildman–Crippen LogP) is 1.78. The first-order chi connectivity index (χ1) is 9.21. The number of nitrogens with one attached hydrogen (secondary N) is 2. The smallest absolute Gasteiger partial charge is 0.133 e. The largest absolute Gasteiger partial charge is 0.370 e. The maximum Gasteiger partial charge on any atom is 0.133 e. The molecule has 0 aromatic heterocycles. The van der Waals surface area contributed by atoms with Gasteiger partial charge in [-0.1, -0.05) is 0 Å². The zero-order chi connectivity index (χ0) is 15.0. The third-order valence-electron chi connectivity index (χ3n) is 3.54. The summed E-state index contributed by atoms with van der Waals surface area (Å²) < 4.78 is 0. The van der Waals surface area contributed by atoms with E-state index in [9.17, 15) is 0 Å². The zero-order valence-corrected chi connectivity index (χ0v) is 13.4. The van der Waals surface area contributed by atoms with E-state index in [-0.39, 0.29) is 0 Å². The van der Waals surface area contributed by atoms with Crippen LogP contribution in [0.4, 0.5) is 0 Å². The van der Waals surface area contributed by atoms with Crippen LogP contribution in [-0.2, 0) is 0 Å². The van der Waals surface area contributed by atoms with Crippen molar-refractivity contribution in [3.05, 3.63) is 0 Å². The van der Waals surface area contributed by atoms with Crippen LogP contribution in [0.1, 0.15) is 41.5 Å². The second-order valence-corrected chi connectivity index (χ2v) is 6.73. The van der Waals surface area contributed by atoms with Gasteiger partial charge in [-0.15, -0.1) is 0 Å². The molecule has 0 fully saturated rings. The molecular weight excluding hydrogens is 252 g/mol. The number of amidine groups is 2. The maximum atomic E-state index is 4.58. The van der Waals surface area contributed by atoms with Crippen LogP contribution in [0, 0.1) is 0 Å². The molecule has 0 bridgehead atoms. The van der Waals surface area contributed by atoms with Gasteiger partial charge in [0, 0.05) is 13.1 Å². The van der Waals surface area contributed by atoms with Gasteiger partial charge in [-0.25, -0.2) is 0 Å². The van der Waals surface area contributed by atoms with E-state index in [1.165, 1.54) is 0 Å². The fourth-order valence-electron chi connectivity index (χ4n) is 2.21. The second kappa shape index (κ2) is 5.14. The lowest BCUT2D eigenvalue weighted by Crippen LogP contribution is -2.41. The SMILES string of the molecule is CC1CNC(C(C)(C)N=NC(C)(C)C2=NC(C)CN2)=N1. The lowest BCUT2D eigenvalue weighted by Gasteiger charge is -2.23. The Morgan fingerprint density at radius 1 is 0.850 bits per heavy atom. The average Bonchev–Trinajstić information content (AvgIpc) is 2.96. The highest BCUT2D eigenvalue weighted by atomic mass is 15.3. The summed E-state index contributed by atoms with van der Waals surface area (Å²) >= 11 is 0. The quantitative estimate of drug-likeness (QED) is 0.769. The van der Waals surface area contributed by atoms with Gasteiger partial charge in [0.2, 0.25) is 0 Å². The van der Waals surface area contributed by atoms with E-state index in [0.29, 0.717) is 12.1 Å². The van der Waals surface area contributed by atoms with Crippen molar-refractivity contribution in [2.75, 3.05) is 13.1 Å². The Morgan fingerprint density at radius 3 is 1.45 bits per heavy atom. The van der Waals surface area contributed by atoms with Crippen LogP contribution >= 0.6 is 0 Å². The van der Waals surface area contributed by atoms with Crippen molar-refractivity contribution in [2.45, 2.75) is 64.7 Å². The number of azo groups is 1. The van der Waals surface area contributed by atoms with Crippen molar-refractivity contribution < 1.29 is 0 Å². The van der Waals surface area contributed by atoms with Crippen LogP contribution in [0.3, 0.4) is 0 Å². The van der Waals surface area contributed by atoms with Gasteiger partial charge in [-0.05, 0) is 41.5 Å². The van der Waals surface area contributed by atoms with E-state index in [1.54, 1.807) is 0 Å². The summed E-state index contributed by atoms with van der Waals surface area (Å²) in [6, 6.07) is 0.628. The van der Waals surface area contributed by atoms with Crippen molar-refractivity contribution >= 4 is 11.7 Å². The summed E-state index contributed by atoms with van der Waals surface area (Å²) in [5.41, 5.74) is -0.848. The van der Waals surface area contributed by atoms with Gasteiger partial charge in [0.25, 0.3) is 0 Å². The molecule has 2 heterocycles. The van der Waals surface area contributed by atoms with Gasteiger partial charge in [0.05, 0.1) is 12.1 Å². The van der Waals surface area contributed by atoms with Crippen LogP contribution in [-0.4, -0.2) is 47.9 Å². The molecule has 0 radical (unpaired) electrons. The number of rotatable bonds is 4. The Morgan fingerprint density at radius 2 is 1.20 bits per heavy atom. The van der Waals surface area contributed by atoms with Crippen molar-refractivity contribution in [3.63, 3.8) is 0 Å². The molecule has 2 atom stereocenters. The topological polar surface area (TPSA) is 73.5 Å². The molecule has 6 heteroatoms. The third kappa shape index (κ3) is 3.16. The third-order valence-corrected chi connectivity index (χ3v) is 3.54. The van der Waals surface area contributed by atoms with Gasteiger partial charge in [0.15, 0.2) is 0 Å². The van der Waals surface area contributed by atoms with Crippen LogP contribution in [0.25, 0.3) is 0 Å². The molecule has 112 valence electrons. The Balaban J connectivity index is 2.11. The lowest BCUT2D eigenvalue weighted by atomic mass is 10.0. The maximum absolute atomic E-state index is 4.58. The first-order valence-corrected chi connectivity index (χ1v) is 7.29. The molecule has 0 aliphatic carbocycles. The molecule has 0 saturated carbocycles. The van der Waals surface area contributed by atoms with E-state index >= 15 is 0 Å². The van der Waals surface area contributed by atoms with E-state index < -0.39 is 11.1 Å². The standard InChI is InChI=1S/C14H26N6/c1-9-7-15-11(17-9)13(3,4)19-20-14(5,6)12-16-8-10(2)18-12/h9-10H,7-8H2,1-6H3,(H,15,17)(H,16,18). The number of nitrogens with zero attached hydrogens (tertiary/aromatic N) is 4. The van der Waals surface area contributed by atoms with E-state index in [2.05, 4.69) is 44.7 Å². The molecule has 0 saturated heterocycles. The first kappa shape index (κ1) is 14.9. The van der Waals surface area contributed by atoms with Crippen LogP contribution in [0.15, 0.2) is 20.2 Å². The predicted molar refractivity (Wildman–Crippen MR) is 82.8 cm³/mol. The molecule has 2 aliphatic heterocycles. The number of hydrogen-bond acceptors (Lipinski definition) is 6. The summed E-state index contributed by atoms with van der Waals surface area (Å²) in [5, 5.41) is 15.7. The van der Waals surface area contributed by atoms with Crippen LogP contribution < -0.4 is 10.6 Å². The Hall–Kier alpha value is -1.46. The Labute approximate surface area is 121 Å². The zero-order valence-electron chi connectivity index (χ0n) is 13.4. The highest BCUT2D eigenvalue weighted by Crippen LogP contribution is 2.21. The van der Waals surface area contributed by atoms with Crippen molar-refractivity contribution in [1.82, 2.24) is 10.6 Å². The summed E-state index contributed by atoms with van der Waals surface area (Å²) in [7, 11) is 0. The Kier molecular flexibility index (Phi) is 3.84. The summed E-state index contributed by atoms with van der Waals surface area (Å²) in [4.78, 5) is 9.15. The highest BCUT2D eigenvalue weighted by Gasteiger charge is 2.33. The summed E-state index contributed by atoms with van der Waals surface area (Å²) in [6.07, 6.45) is 0. The van der Waals surface area contributed by atoms with Gasteiger partial charge < -0.3 is 10.6 Å². The second-order valence-electron chi connectivity index (χ2n) is 6.73. The highest BCUT2D eigenvalue weighted by molar-refractivity contribution is 5.93. The molecule has 2 unspecified atom stereocenters. The Bertz CT molecular complexity index is 418. The molecule has 2 rings (SSSR count). The van der Waals surface area contributed by atoms with Gasteiger partial charge in [-0.2, -0.15) is 10.2 Å². The fraction of sp³-hybridized carbons (Fsp3) is 0.857. The minimum Gasteiger partial charge on any atom is -0.370 e. The normalized spacial score (nSPS) is 27.3. The van der Waals surface area contributed by atoms with Gasteiger partial charge in [-0.3, -0.25) is 9.98 Å². The van der Waals surface area contributed by atoms with E-state index in [0.717, 1.165) is 24.8 Å². The molecule has 20 heavy (non-hydrogen) atoms. The molecule has 0 spiro atoms. The van der Waals surface area contributed by atoms with Crippen molar-refractivity contribution in [2.24, 2.45) is 20.2 Å². The molecule has 2 aliphatic rings. The van der Waals surface area contributed by atoms with Crippen molar-refractivity contribution in [1.29, 1.82) is 0 Å². The van der Waals surface area contributed by atoms with E-state index in [1.807, 2.05) is 27.7 Å². The molecule has 6 nitrogen and oxygen atoms in total.